The maximum atomic E-state index is 11.3. The molecule has 0 saturated carbocycles. The number of rotatable bonds is 3. The SMILES string of the molecule is O=C(NO)c1ccc(CN2CCCOc3ccccc32)cc1. The van der Waals surface area contributed by atoms with Gasteiger partial charge >= 0.3 is 0 Å². The van der Waals surface area contributed by atoms with Gasteiger partial charge in [0.05, 0.1) is 12.3 Å². The van der Waals surface area contributed by atoms with Crippen molar-refractivity contribution in [2.24, 2.45) is 0 Å². The molecule has 1 aliphatic heterocycles. The maximum absolute atomic E-state index is 11.3. The smallest absolute Gasteiger partial charge is 0.274 e. The molecule has 3 rings (SSSR count). The summed E-state index contributed by atoms with van der Waals surface area (Å²) < 4.78 is 5.76. The van der Waals surface area contributed by atoms with Crippen molar-refractivity contribution in [3.63, 3.8) is 0 Å². The third-order valence-electron chi connectivity index (χ3n) is 3.73. The van der Waals surface area contributed by atoms with Crippen LogP contribution in [0.5, 0.6) is 5.75 Å². The number of benzene rings is 2. The van der Waals surface area contributed by atoms with Crippen molar-refractivity contribution in [3.8, 4) is 5.75 Å². The van der Waals surface area contributed by atoms with Crippen LogP contribution >= 0.6 is 0 Å². The van der Waals surface area contributed by atoms with Gasteiger partial charge in [0, 0.05) is 18.7 Å². The molecule has 0 aliphatic carbocycles. The van der Waals surface area contributed by atoms with E-state index < -0.39 is 5.91 Å². The van der Waals surface area contributed by atoms with Crippen LogP contribution in [0.25, 0.3) is 0 Å². The summed E-state index contributed by atoms with van der Waals surface area (Å²) in [7, 11) is 0. The van der Waals surface area contributed by atoms with Gasteiger partial charge in [-0.1, -0.05) is 24.3 Å². The lowest BCUT2D eigenvalue weighted by atomic mass is 10.1. The Morgan fingerprint density at radius 2 is 1.95 bits per heavy atom. The number of fused-ring (bicyclic) bond motifs is 1. The van der Waals surface area contributed by atoms with Crippen LogP contribution in [0, 0.1) is 0 Å². The molecule has 0 unspecified atom stereocenters. The van der Waals surface area contributed by atoms with Crippen molar-refractivity contribution in [2.45, 2.75) is 13.0 Å². The number of nitrogens with zero attached hydrogens (tertiary/aromatic N) is 1. The first-order chi connectivity index (χ1) is 10.8. The number of hydroxylamine groups is 1. The Hall–Kier alpha value is -2.53. The molecule has 0 bridgehead atoms. The normalized spacial score (nSPS) is 13.8. The molecule has 0 fully saturated rings. The Morgan fingerprint density at radius 3 is 2.73 bits per heavy atom. The van der Waals surface area contributed by atoms with Crippen LogP contribution in [0.4, 0.5) is 5.69 Å². The van der Waals surface area contributed by atoms with Crippen LogP contribution in [-0.4, -0.2) is 24.3 Å². The second-order valence-corrected chi connectivity index (χ2v) is 5.23. The quantitative estimate of drug-likeness (QED) is 0.675. The number of hydrogen-bond acceptors (Lipinski definition) is 4. The van der Waals surface area contributed by atoms with E-state index in [0.29, 0.717) is 5.56 Å². The zero-order valence-corrected chi connectivity index (χ0v) is 12.2. The van der Waals surface area contributed by atoms with Gasteiger partial charge in [-0.2, -0.15) is 0 Å². The number of carbonyl (C=O) groups excluding carboxylic acids is 1. The van der Waals surface area contributed by atoms with Gasteiger partial charge < -0.3 is 9.64 Å². The molecule has 0 spiro atoms. The first kappa shape index (κ1) is 14.4. The van der Waals surface area contributed by atoms with Crippen molar-refractivity contribution >= 4 is 11.6 Å². The highest BCUT2D eigenvalue weighted by Gasteiger charge is 2.16. The number of para-hydroxylation sites is 2. The minimum absolute atomic E-state index is 0.436. The fourth-order valence-corrected chi connectivity index (χ4v) is 2.61. The van der Waals surface area contributed by atoms with Crippen LogP contribution in [0.1, 0.15) is 22.3 Å². The molecule has 1 amide bonds. The number of anilines is 1. The van der Waals surface area contributed by atoms with Crippen molar-refractivity contribution in [1.29, 1.82) is 0 Å². The summed E-state index contributed by atoms with van der Waals surface area (Å²) in [5, 5.41) is 8.64. The van der Waals surface area contributed by atoms with Gasteiger partial charge in [0.1, 0.15) is 5.75 Å². The summed E-state index contributed by atoms with van der Waals surface area (Å²) in [4.78, 5) is 13.6. The van der Waals surface area contributed by atoms with Crippen LogP contribution in [0.2, 0.25) is 0 Å². The van der Waals surface area contributed by atoms with E-state index in [4.69, 9.17) is 9.94 Å². The molecular formula is C17H18N2O3. The minimum Gasteiger partial charge on any atom is -0.491 e. The summed E-state index contributed by atoms with van der Waals surface area (Å²) in [6, 6.07) is 15.3. The lowest BCUT2D eigenvalue weighted by Gasteiger charge is -2.23. The molecule has 0 radical (unpaired) electrons. The minimum atomic E-state index is -0.500. The molecule has 2 aromatic carbocycles. The largest absolute Gasteiger partial charge is 0.491 e. The predicted molar refractivity (Wildman–Crippen MR) is 83.3 cm³/mol. The zero-order valence-electron chi connectivity index (χ0n) is 12.2. The lowest BCUT2D eigenvalue weighted by molar-refractivity contribution is 0.0706. The Kier molecular flexibility index (Phi) is 4.25. The van der Waals surface area contributed by atoms with Gasteiger partial charge in [0.25, 0.3) is 5.91 Å². The molecule has 0 atom stereocenters. The highest BCUT2D eigenvalue weighted by Crippen LogP contribution is 2.31. The van der Waals surface area contributed by atoms with Crippen molar-refractivity contribution in [3.05, 3.63) is 59.7 Å². The Morgan fingerprint density at radius 1 is 1.18 bits per heavy atom. The molecule has 1 heterocycles. The fourth-order valence-electron chi connectivity index (χ4n) is 2.61. The van der Waals surface area contributed by atoms with E-state index in [-0.39, 0.29) is 0 Å². The van der Waals surface area contributed by atoms with E-state index in [2.05, 4.69) is 11.0 Å². The van der Waals surface area contributed by atoms with Crippen LogP contribution in [0.15, 0.2) is 48.5 Å². The fraction of sp³-hybridized carbons (Fsp3) is 0.235. The average Bonchev–Trinajstić information content (AvgIpc) is 2.77. The summed E-state index contributed by atoms with van der Waals surface area (Å²) in [6.07, 6.45) is 0.972. The summed E-state index contributed by atoms with van der Waals surface area (Å²) >= 11 is 0. The second kappa shape index (κ2) is 6.49. The standard InChI is InChI=1S/C17H18N2O3/c20-17(18-21)14-8-6-13(7-9-14)12-19-10-3-11-22-16-5-2-1-4-15(16)19/h1-2,4-9,21H,3,10-12H2,(H,18,20). The van der Waals surface area contributed by atoms with Crippen molar-refractivity contribution in [2.75, 3.05) is 18.1 Å². The zero-order chi connectivity index (χ0) is 15.4. The second-order valence-electron chi connectivity index (χ2n) is 5.23. The summed E-state index contributed by atoms with van der Waals surface area (Å²) in [5.74, 6) is 0.413. The van der Waals surface area contributed by atoms with E-state index in [1.54, 1.807) is 17.6 Å². The molecular weight excluding hydrogens is 280 g/mol. The highest BCUT2D eigenvalue weighted by molar-refractivity contribution is 5.93. The van der Waals surface area contributed by atoms with Crippen LogP contribution in [-0.2, 0) is 6.54 Å². The molecule has 2 N–H and O–H groups in total. The van der Waals surface area contributed by atoms with Gasteiger partial charge in [0.15, 0.2) is 0 Å². The lowest BCUT2D eigenvalue weighted by Crippen LogP contribution is -2.23. The first-order valence-corrected chi connectivity index (χ1v) is 7.28. The maximum Gasteiger partial charge on any atom is 0.274 e. The molecule has 5 heteroatoms. The molecule has 0 aromatic heterocycles. The number of ether oxygens (including phenoxy) is 1. The number of hydrogen-bond donors (Lipinski definition) is 2. The molecule has 114 valence electrons. The van der Waals surface area contributed by atoms with Gasteiger partial charge in [-0.3, -0.25) is 10.0 Å². The van der Waals surface area contributed by atoms with Gasteiger partial charge in [-0.25, -0.2) is 5.48 Å². The van der Waals surface area contributed by atoms with E-state index in [9.17, 15) is 4.79 Å². The molecule has 0 saturated heterocycles. The van der Waals surface area contributed by atoms with E-state index >= 15 is 0 Å². The van der Waals surface area contributed by atoms with Gasteiger partial charge in [-0.05, 0) is 36.2 Å². The van der Waals surface area contributed by atoms with E-state index in [1.165, 1.54) is 0 Å². The Balaban J connectivity index is 1.79. The van der Waals surface area contributed by atoms with Crippen LogP contribution < -0.4 is 15.1 Å². The van der Waals surface area contributed by atoms with E-state index in [1.807, 2.05) is 30.3 Å². The predicted octanol–water partition coefficient (Wildman–Crippen LogP) is 2.59. The van der Waals surface area contributed by atoms with Gasteiger partial charge in [-0.15, -0.1) is 0 Å². The third-order valence-corrected chi connectivity index (χ3v) is 3.73. The monoisotopic (exact) mass is 298 g/mol. The first-order valence-electron chi connectivity index (χ1n) is 7.28. The summed E-state index contributed by atoms with van der Waals surface area (Å²) in [5.41, 5.74) is 4.27. The molecule has 5 nitrogen and oxygen atoms in total. The number of amides is 1. The number of nitrogens with one attached hydrogen (secondary N) is 1. The highest BCUT2D eigenvalue weighted by atomic mass is 16.5. The average molecular weight is 298 g/mol. The van der Waals surface area contributed by atoms with Crippen molar-refractivity contribution in [1.82, 2.24) is 5.48 Å². The van der Waals surface area contributed by atoms with Crippen molar-refractivity contribution < 1.29 is 14.7 Å². The number of carbonyl (C=O) groups is 1. The molecule has 2 aromatic rings. The Bertz CT molecular complexity index is 655. The third kappa shape index (κ3) is 3.04. The Labute approximate surface area is 129 Å². The molecule has 22 heavy (non-hydrogen) atoms. The topological polar surface area (TPSA) is 61.8 Å². The summed E-state index contributed by atoms with van der Waals surface area (Å²) in [6.45, 7) is 2.40. The van der Waals surface area contributed by atoms with Crippen LogP contribution in [0.3, 0.4) is 0 Å². The van der Waals surface area contributed by atoms with E-state index in [0.717, 1.165) is 43.1 Å². The molecule has 1 aliphatic rings. The van der Waals surface area contributed by atoms with Gasteiger partial charge in [0.2, 0.25) is 0 Å².